The van der Waals surface area contributed by atoms with E-state index >= 15 is 0 Å². The second-order valence-corrected chi connectivity index (χ2v) is 8.82. The van der Waals surface area contributed by atoms with Crippen LogP contribution in [0, 0.1) is 6.92 Å². The summed E-state index contributed by atoms with van der Waals surface area (Å²) >= 11 is 0. The number of hydrogen-bond acceptors (Lipinski definition) is 5. The monoisotopic (exact) mass is 425 g/mol. The predicted molar refractivity (Wildman–Crippen MR) is 118 cm³/mol. The topological polar surface area (TPSA) is 105 Å². The number of ether oxygens (including phenoxy) is 1. The van der Waals surface area contributed by atoms with Gasteiger partial charge in [0.2, 0.25) is 5.91 Å². The molecule has 0 bridgehead atoms. The van der Waals surface area contributed by atoms with Gasteiger partial charge in [0, 0.05) is 11.2 Å². The molecule has 0 spiro atoms. The highest BCUT2D eigenvalue weighted by molar-refractivity contribution is 5.99. The van der Waals surface area contributed by atoms with Crippen molar-refractivity contribution in [1.29, 1.82) is 0 Å². The van der Waals surface area contributed by atoms with Crippen molar-refractivity contribution in [3.05, 3.63) is 48.2 Å². The second-order valence-electron chi connectivity index (χ2n) is 8.82. The lowest BCUT2D eigenvalue weighted by atomic mass is 9.94. The first-order valence-electron chi connectivity index (χ1n) is 9.89. The van der Waals surface area contributed by atoms with Gasteiger partial charge in [-0.05, 0) is 77.9 Å². The van der Waals surface area contributed by atoms with Gasteiger partial charge >= 0.3 is 6.09 Å². The number of carbonyl (C=O) groups excluding carboxylic acids is 1. The number of nitrogens with zero attached hydrogens (tertiary/aromatic N) is 2. The minimum Gasteiger partial charge on any atom is -0.465 e. The van der Waals surface area contributed by atoms with Crippen LogP contribution in [0.5, 0.6) is 11.5 Å². The Morgan fingerprint density at radius 3 is 2.29 bits per heavy atom. The van der Waals surface area contributed by atoms with E-state index in [1.54, 1.807) is 58.9 Å². The molecule has 3 rings (SSSR count). The third-order valence-electron chi connectivity index (χ3n) is 4.95. The molecule has 0 aliphatic rings. The molecule has 8 nitrogen and oxygen atoms in total. The van der Waals surface area contributed by atoms with E-state index < -0.39 is 23.1 Å². The van der Waals surface area contributed by atoms with Gasteiger partial charge in [0.05, 0.1) is 5.39 Å². The molecule has 0 unspecified atom stereocenters. The standard InChI is InChI=1S/C23H27N3O5/c1-14-19-17(25-31-14)8-7-9-18(19)30-16-12-10-15(11-13-16)24-20(27)23(5,6)26(21(28)29)22(2,3)4/h7-13H,1-6H3,(H,24,27)(H,28,29). The fraction of sp³-hybridized carbons (Fsp3) is 0.348. The minimum atomic E-state index is -1.28. The lowest BCUT2D eigenvalue weighted by Crippen LogP contribution is -2.61. The van der Waals surface area contributed by atoms with E-state index in [9.17, 15) is 14.7 Å². The fourth-order valence-corrected chi connectivity index (χ4v) is 3.68. The molecule has 0 saturated carbocycles. The maximum absolute atomic E-state index is 12.9. The van der Waals surface area contributed by atoms with Crippen LogP contribution in [-0.4, -0.2) is 38.2 Å². The molecule has 2 aromatic carbocycles. The van der Waals surface area contributed by atoms with Crippen LogP contribution in [0.15, 0.2) is 47.0 Å². The largest absolute Gasteiger partial charge is 0.465 e. The van der Waals surface area contributed by atoms with E-state index in [-0.39, 0.29) is 0 Å². The van der Waals surface area contributed by atoms with Crippen molar-refractivity contribution in [3.8, 4) is 11.5 Å². The molecule has 0 aliphatic heterocycles. The maximum atomic E-state index is 12.9. The summed E-state index contributed by atoms with van der Waals surface area (Å²) in [5, 5.41) is 17.2. The third-order valence-corrected chi connectivity index (χ3v) is 4.95. The van der Waals surface area contributed by atoms with Crippen LogP contribution in [0.25, 0.3) is 10.9 Å². The fourth-order valence-electron chi connectivity index (χ4n) is 3.68. The molecule has 1 heterocycles. The Hall–Kier alpha value is -3.55. The van der Waals surface area contributed by atoms with Crippen LogP contribution >= 0.6 is 0 Å². The van der Waals surface area contributed by atoms with Crippen molar-refractivity contribution in [2.24, 2.45) is 0 Å². The van der Waals surface area contributed by atoms with Gasteiger partial charge in [-0.3, -0.25) is 9.69 Å². The zero-order valence-corrected chi connectivity index (χ0v) is 18.5. The van der Waals surface area contributed by atoms with Gasteiger partial charge in [-0.15, -0.1) is 0 Å². The summed E-state index contributed by atoms with van der Waals surface area (Å²) in [6.45, 7) is 10.2. The van der Waals surface area contributed by atoms with E-state index in [1.165, 1.54) is 0 Å². The number of benzene rings is 2. The van der Waals surface area contributed by atoms with E-state index in [4.69, 9.17) is 9.26 Å². The number of nitrogens with one attached hydrogen (secondary N) is 1. The van der Waals surface area contributed by atoms with Crippen molar-refractivity contribution in [2.45, 2.75) is 52.6 Å². The van der Waals surface area contributed by atoms with Gasteiger partial charge < -0.3 is 19.7 Å². The van der Waals surface area contributed by atoms with E-state index in [0.717, 1.165) is 10.3 Å². The number of hydrogen-bond donors (Lipinski definition) is 2. The number of amides is 2. The first kappa shape index (κ1) is 22.1. The first-order chi connectivity index (χ1) is 14.4. The predicted octanol–water partition coefficient (Wildman–Crippen LogP) is 5.42. The van der Waals surface area contributed by atoms with E-state index in [0.29, 0.717) is 28.5 Å². The average Bonchev–Trinajstić information content (AvgIpc) is 3.03. The zero-order valence-electron chi connectivity index (χ0n) is 18.5. The van der Waals surface area contributed by atoms with Gasteiger partial charge in [-0.2, -0.15) is 0 Å². The zero-order chi connectivity index (χ0) is 23.0. The molecule has 0 radical (unpaired) electrons. The van der Waals surface area contributed by atoms with Crippen LogP contribution in [0.4, 0.5) is 10.5 Å². The lowest BCUT2D eigenvalue weighted by molar-refractivity contribution is -0.128. The third kappa shape index (κ3) is 4.47. The van der Waals surface area contributed by atoms with Gasteiger partial charge in [0.25, 0.3) is 0 Å². The normalized spacial score (nSPS) is 11.9. The number of carbonyl (C=O) groups is 2. The molecule has 0 atom stereocenters. The van der Waals surface area contributed by atoms with Crippen LogP contribution < -0.4 is 10.1 Å². The summed E-state index contributed by atoms with van der Waals surface area (Å²) in [4.78, 5) is 25.8. The summed E-state index contributed by atoms with van der Waals surface area (Å²) in [6.07, 6.45) is -1.16. The summed E-state index contributed by atoms with van der Waals surface area (Å²) in [6, 6.07) is 12.4. The van der Waals surface area contributed by atoms with Crippen LogP contribution in [0.3, 0.4) is 0 Å². The van der Waals surface area contributed by atoms with Gasteiger partial charge in [-0.25, -0.2) is 4.79 Å². The summed E-state index contributed by atoms with van der Waals surface area (Å²) < 4.78 is 11.2. The Morgan fingerprint density at radius 2 is 1.71 bits per heavy atom. The smallest absolute Gasteiger partial charge is 0.408 e. The van der Waals surface area contributed by atoms with Crippen LogP contribution in [0.1, 0.15) is 40.4 Å². The highest BCUT2D eigenvalue weighted by Crippen LogP contribution is 2.33. The number of anilines is 1. The molecular weight excluding hydrogens is 398 g/mol. The molecule has 0 saturated heterocycles. The number of fused-ring (bicyclic) bond motifs is 1. The van der Waals surface area contributed by atoms with Crippen molar-refractivity contribution < 1.29 is 24.0 Å². The number of aryl methyl sites for hydroxylation is 1. The molecule has 8 heteroatoms. The maximum Gasteiger partial charge on any atom is 0.408 e. The lowest BCUT2D eigenvalue weighted by Gasteiger charge is -2.43. The average molecular weight is 425 g/mol. The molecule has 164 valence electrons. The van der Waals surface area contributed by atoms with E-state index in [2.05, 4.69) is 10.5 Å². The molecule has 3 aromatic rings. The number of carboxylic acid groups (broad SMARTS) is 1. The molecule has 1 aromatic heterocycles. The molecule has 2 N–H and O–H groups in total. The highest BCUT2D eigenvalue weighted by Gasteiger charge is 2.44. The van der Waals surface area contributed by atoms with Crippen molar-refractivity contribution >= 4 is 28.6 Å². The quantitative estimate of drug-likeness (QED) is 0.565. The molecular formula is C23H27N3O5. The Bertz CT molecular complexity index is 1110. The Balaban J connectivity index is 1.76. The second kappa shape index (κ2) is 7.94. The summed E-state index contributed by atoms with van der Waals surface area (Å²) in [7, 11) is 0. The van der Waals surface area contributed by atoms with Crippen molar-refractivity contribution in [1.82, 2.24) is 10.1 Å². The van der Waals surface area contributed by atoms with Crippen LogP contribution in [-0.2, 0) is 4.79 Å². The van der Waals surface area contributed by atoms with E-state index in [1.807, 2.05) is 25.1 Å². The highest BCUT2D eigenvalue weighted by atomic mass is 16.5. The van der Waals surface area contributed by atoms with Gasteiger partial charge in [0.1, 0.15) is 28.3 Å². The SMILES string of the molecule is Cc1onc2cccc(Oc3ccc(NC(=O)C(C)(C)N(C(=O)O)C(C)(C)C)cc3)c12. The van der Waals surface area contributed by atoms with Gasteiger partial charge in [-0.1, -0.05) is 11.2 Å². The number of rotatable bonds is 5. The molecule has 0 aliphatic carbocycles. The van der Waals surface area contributed by atoms with Crippen molar-refractivity contribution in [3.63, 3.8) is 0 Å². The van der Waals surface area contributed by atoms with Crippen molar-refractivity contribution in [2.75, 3.05) is 5.32 Å². The Kier molecular flexibility index (Phi) is 5.67. The Morgan fingerprint density at radius 1 is 1.06 bits per heavy atom. The molecule has 2 amide bonds. The summed E-state index contributed by atoms with van der Waals surface area (Å²) in [5.74, 6) is 1.44. The number of aromatic nitrogens is 1. The molecule has 31 heavy (non-hydrogen) atoms. The van der Waals surface area contributed by atoms with Gasteiger partial charge in [0.15, 0.2) is 0 Å². The van der Waals surface area contributed by atoms with Crippen LogP contribution in [0.2, 0.25) is 0 Å². The minimum absolute atomic E-state index is 0.427. The summed E-state index contributed by atoms with van der Waals surface area (Å²) in [5.41, 5.74) is -0.779. The first-order valence-corrected chi connectivity index (χ1v) is 9.89. The Labute approximate surface area is 180 Å². The molecule has 0 fully saturated rings.